The Hall–Kier alpha value is -3.46. The molecule has 1 aliphatic rings. The minimum Gasteiger partial charge on any atom is -0.450 e. The third-order valence-corrected chi connectivity index (χ3v) is 5.83. The van der Waals surface area contributed by atoms with Crippen molar-refractivity contribution in [2.24, 2.45) is 0 Å². The van der Waals surface area contributed by atoms with Crippen molar-refractivity contribution in [3.8, 4) is 0 Å². The van der Waals surface area contributed by atoms with Gasteiger partial charge in [-0.1, -0.05) is 24.3 Å². The van der Waals surface area contributed by atoms with Gasteiger partial charge in [0.2, 0.25) is 10.9 Å². The van der Waals surface area contributed by atoms with Crippen molar-refractivity contribution in [3.63, 3.8) is 0 Å². The van der Waals surface area contributed by atoms with Gasteiger partial charge in [0.25, 0.3) is 5.91 Å². The van der Waals surface area contributed by atoms with Crippen LogP contribution in [0, 0.1) is 5.82 Å². The maximum atomic E-state index is 13.8. The van der Waals surface area contributed by atoms with Crippen LogP contribution in [0.4, 0.5) is 9.52 Å². The van der Waals surface area contributed by atoms with E-state index in [-0.39, 0.29) is 22.3 Å². The first kappa shape index (κ1) is 17.6. The van der Waals surface area contributed by atoms with E-state index in [4.69, 9.17) is 4.42 Å². The summed E-state index contributed by atoms with van der Waals surface area (Å²) in [5, 5.41) is 9.41. The average molecular weight is 408 g/mol. The van der Waals surface area contributed by atoms with Crippen molar-refractivity contribution in [2.45, 2.75) is 19.4 Å². The zero-order chi connectivity index (χ0) is 20.1. The molecule has 9 heteroatoms. The number of pyridine rings is 1. The Labute approximate surface area is 167 Å². The highest BCUT2D eigenvalue weighted by atomic mass is 32.1. The predicted molar refractivity (Wildman–Crippen MR) is 105 cm³/mol. The monoisotopic (exact) mass is 408 g/mol. The van der Waals surface area contributed by atoms with E-state index in [1.165, 1.54) is 28.4 Å². The van der Waals surface area contributed by atoms with Gasteiger partial charge in [-0.3, -0.25) is 19.5 Å². The van der Waals surface area contributed by atoms with Crippen LogP contribution >= 0.6 is 11.3 Å². The van der Waals surface area contributed by atoms with Gasteiger partial charge in [0.05, 0.1) is 16.6 Å². The standard InChI is InChI=1S/C20H13FN4O3S/c1-2-14-23-24-20(29-14)25-16(12-5-3-4-8-22-12)15-17(26)11-9-10(21)6-7-13(11)28-18(15)19(25)27/h3-9,16H,2H2,1H3. The van der Waals surface area contributed by atoms with Crippen LogP contribution in [0.3, 0.4) is 0 Å². The number of rotatable bonds is 3. The molecule has 7 nitrogen and oxygen atoms in total. The van der Waals surface area contributed by atoms with Gasteiger partial charge in [-0.25, -0.2) is 4.39 Å². The Kier molecular flexibility index (Phi) is 3.99. The van der Waals surface area contributed by atoms with Crippen LogP contribution in [0.15, 0.2) is 51.8 Å². The summed E-state index contributed by atoms with van der Waals surface area (Å²) < 4.78 is 19.5. The van der Waals surface area contributed by atoms with Gasteiger partial charge in [-0.15, -0.1) is 10.2 Å². The number of carbonyl (C=O) groups excluding carboxylic acids is 1. The first-order chi connectivity index (χ1) is 14.1. The van der Waals surface area contributed by atoms with E-state index in [9.17, 15) is 14.0 Å². The molecule has 0 spiro atoms. The number of carbonyl (C=O) groups is 1. The number of benzene rings is 1. The molecule has 5 rings (SSSR count). The molecule has 0 radical (unpaired) electrons. The summed E-state index contributed by atoms with van der Waals surface area (Å²) in [6.45, 7) is 1.94. The van der Waals surface area contributed by atoms with Crippen molar-refractivity contribution in [1.82, 2.24) is 15.2 Å². The second kappa shape index (κ2) is 6.56. The minimum atomic E-state index is -0.833. The van der Waals surface area contributed by atoms with E-state index in [2.05, 4.69) is 15.2 Å². The van der Waals surface area contributed by atoms with Gasteiger partial charge in [-0.2, -0.15) is 0 Å². The molecular weight excluding hydrogens is 395 g/mol. The van der Waals surface area contributed by atoms with Crippen molar-refractivity contribution in [3.05, 3.63) is 80.7 Å². The highest BCUT2D eigenvalue weighted by molar-refractivity contribution is 7.15. The lowest BCUT2D eigenvalue weighted by Gasteiger charge is -2.20. The lowest BCUT2D eigenvalue weighted by atomic mass is 10.0. The summed E-state index contributed by atoms with van der Waals surface area (Å²) >= 11 is 1.27. The van der Waals surface area contributed by atoms with Crippen LogP contribution in [-0.4, -0.2) is 21.1 Å². The molecule has 0 aliphatic carbocycles. The predicted octanol–water partition coefficient (Wildman–Crippen LogP) is 3.49. The smallest absolute Gasteiger partial charge is 0.297 e. The van der Waals surface area contributed by atoms with Crippen LogP contribution in [0.25, 0.3) is 11.0 Å². The van der Waals surface area contributed by atoms with Gasteiger partial charge < -0.3 is 4.42 Å². The van der Waals surface area contributed by atoms with E-state index >= 15 is 0 Å². The number of aromatic nitrogens is 3. The zero-order valence-corrected chi connectivity index (χ0v) is 15.9. The molecule has 1 unspecified atom stereocenters. The highest BCUT2D eigenvalue weighted by Crippen LogP contribution is 2.41. The molecule has 4 aromatic rings. The van der Waals surface area contributed by atoms with Crippen LogP contribution in [0.5, 0.6) is 0 Å². The fourth-order valence-corrected chi connectivity index (χ4v) is 4.25. The number of hydrogen-bond acceptors (Lipinski definition) is 7. The molecule has 1 atom stereocenters. The molecule has 0 N–H and O–H groups in total. The number of fused-ring (bicyclic) bond motifs is 2. The number of aryl methyl sites for hydroxylation is 1. The normalized spacial score (nSPS) is 15.9. The van der Waals surface area contributed by atoms with Gasteiger partial charge >= 0.3 is 0 Å². The van der Waals surface area contributed by atoms with Crippen molar-refractivity contribution in [2.75, 3.05) is 4.90 Å². The average Bonchev–Trinajstić information content (AvgIpc) is 3.32. The fraction of sp³-hybridized carbons (Fsp3) is 0.150. The topological polar surface area (TPSA) is 89.2 Å². The van der Waals surface area contributed by atoms with E-state index in [0.717, 1.165) is 11.1 Å². The molecule has 144 valence electrons. The third-order valence-electron chi connectivity index (χ3n) is 4.76. The maximum Gasteiger partial charge on any atom is 0.297 e. The molecule has 0 fully saturated rings. The zero-order valence-electron chi connectivity index (χ0n) is 15.1. The molecule has 1 amide bonds. The van der Waals surface area contributed by atoms with E-state index in [1.807, 2.05) is 6.92 Å². The van der Waals surface area contributed by atoms with E-state index < -0.39 is 23.2 Å². The van der Waals surface area contributed by atoms with Crippen LogP contribution in [0.1, 0.15) is 39.8 Å². The Bertz CT molecular complexity index is 1320. The van der Waals surface area contributed by atoms with Gasteiger partial charge in [0, 0.05) is 6.20 Å². The SMILES string of the molecule is CCc1nnc(N2C(=O)c3oc4ccc(F)cc4c(=O)c3C2c2ccccn2)s1. The highest BCUT2D eigenvalue weighted by Gasteiger charge is 2.45. The third kappa shape index (κ3) is 2.65. The summed E-state index contributed by atoms with van der Waals surface area (Å²) in [7, 11) is 0. The molecule has 1 aliphatic heterocycles. The lowest BCUT2D eigenvalue weighted by molar-refractivity contribution is 0.0970. The van der Waals surface area contributed by atoms with Crippen LogP contribution in [0.2, 0.25) is 0 Å². The second-order valence-electron chi connectivity index (χ2n) is 6.48. The number of halogens is 1. The number of nitrogens with zero attached hydrogens (tertiary/aromatic N) is 4. The summed E-state index contributed by atoms with van der Waals surface area (Å²) in [5.74, 6) is -1.15. The summed E-state index contributed by atoms with van der Waals surface area (Å²) in [6.07, 6.45) is 2.25. The second-order valence-corrected chi connectivity index (χ2v) is 7.52. The molecule has 0 saturated heterocycles. The molecule has 0 bridgehead atoms. The summed E-state index contributed by atoms with van der Waals surface area (Å²) in [5.41, 5.74) is 0.292. The van der Waals surface area contributed by atoms with Crippen molar-refractivity contribution >= 4 is 33.3 Å². The molecule has 3 aromatic heterocycles. The van der Waals surface area contributed by atoms with Crippen LogP contribution < -0.4 is 10.3 Å². The molecule has 4 heterocycles. The number of anilines is 1. The van der Waals surface area contributed by atoms with Crippen molar-refractivity contribution in [1.29, 1.82) is 0 Å². The lowest BCUT2D eigenvalue weighted by Crippen LogP contribution is -2.30. The van der Waals surface area contributed by atoms with Gasteiger partial charge in [-0.05, 0) is 36.8 Å². The Morgan fingerprint density at radius 2 is 2.07 bits per heavy atom. The summed E-state index contributed by atoms with van der Waals surface area (Å²) in [6, 6.07) is 8.04. The summed E-state index contributed by atoms with van der Waals surface area (Å²) in [4.78, 5) is 32.3. The quantitative estimate of drug-likeness (QED) is 0.516. The van der Waals surface area contributed by atoms with E-state index in [1.54, 1.807) is 24.4 Å². The Morgan fingerprint density at radius 3 is 2.79 bits per heavy atom. The molecule has 0 saturated carbocycles. The van der Waals surface area contributed by atoms with Gasteiger partial charge in [0.1, 0.15) is 22.4 Å². The first-order valence-electron chi connectivity index (χ1n) is 8.91. The molecule has 1 aromatic carbocycles. The largest absolute Gasteiger partial charge is 0.450 e. The maximum absolute atomic E-state index is 13.8. The Balaban J connectivity index is 1.81. The number of amides is 1. The molecular formula is C20H13FN4O3S. The minimum absolute atomic E-state index is 0.0749. The van der Waals surface area contributed by atoms with Crippen molar-refractivity contribution < 1.29 is 13.6 Å². The first-order valence-corrected chi connectivity index (χ1v) is 9.73. The molecule has 29 heavy (non-hydrogen) atoms. The van der Waals surface area contributed by atoms with Crippen LogP contribution in [-0.2, 0) is 6.42 Å². The van der Waals surface area contributed by atoms with E-state index in [0.29, 0.717) is 17.2 Å². The Morgan fingerprint density at radius 1 is 1.21 bits per heavy atom. The van der Waals surface area contributed by atoms with Gasteiger partial charge in [0.15, 0.2) is 5.43 Å². The fourth-order valence-electron chi connectivity index (χ4n) is 3.44. The number of hydrogen-bond donors (Lipinski definition) is 0.